The van der Waals surface area contributed by atoms with Crippen LogP contribution in [0.2, 0.25) is 0 Å². The first-order valence-electron chi connectivity index (χ1n) is 12.6. The topological polar surface area (TPSA) is 73.4 Å². The number of aromatic hydroxyl groups is 1. The summed E-state index contributed by atoms with van der Waals surface area (Å²) in [6.07, 6.45) is -2.54. The monoisotopic (exact) mass is 509 g/mol. The maximum Gasteiger partial charge on any atom is 0.418 e. The highest BCUT2D eigenvalue weighted by Crippen LogP contribution is 2.42. The summed E-state index contributed by atoms with van der Waals surface area (Å²) < 4.78 is 42.2. The molecule has 2 aliphatic heterocycles. The number of aryl methyl sites for hydroxylation is 1. The molecule has 0 radical (unpaired) electrons. The van der Waals surface area contributed by atoms with Crippen LogP contribution in [0.4, 0.5) is 18.9 Å². The van der Waals surface area contributed by atoms with Crippen molar-refractivity contribution in [2.45, 2.75) is 50.9 Å². The Hall–Kier alpha value is -3.52. The van der Waals surface area contributed by atoms with Crippen LogP contribution in [0, 0.1) is 6.92 Å². The maximum absolute atomic E-state index is 14.1. The lowest BCUT2D eigenvalue weighted by Gasteiger charge is -2.31. The number of phenols is 1. The van der Waals surface area contributed by atoms with Gasteiger partial charge in [0.2, 0.25) is 5.91 Å². The molecule has 5 nitrogen and oxygen atoms in total. The van der Waals surface area contributed by atoms with Gasteiger partial charge in [-0.05, 0) is 90.7 Å². The number of benzene rings is 3. The largest absolute Gasteiger partial charge is 0.508 e. The zero-order chi connectivity index (χ0) is 26.2. The first-order chi connectivity index (χ1) is 17.7. The van der Waals surface area contributed by atoms with Crippen LogP contribution in [0.25, 0.3) is 0 Å². The van der Waals surface area contributed by atoms with Gasteiger partial charge in [-0.1, -0.05) is 36.4 Å². The highest BCUT2D eigenvalue weighted by atomic mass is 19.4. The molecule has 0 aromatic heterocycles. The van der Waals surface area contributed by atoms with Crippen molar-refractivity contribution in [2.24, 2.45) is 0 Å². The lowest BCUT2D eigenvalue weighted by Crippen LogP contribution is -2.47. The van der Waals surface area contributed by atoms with Crippen molar-refractivity contribution < 1.29 is 23.1 Å². The number of carbonyl (C=O) groups excluding carboxylic acids is 1. The van der Waals surface area contributed by atoms with Gasteiger partial charge in [-0.3, -0.25) is 4.79 Å². The van der Waals surface area contributed by atoms with Gasteiger partial charge in [0.15, 0.2) is 0 Å². The van der Waals surface area contributed by atoms with Crippen LogP contribution >= 0.6 is 0 Å². The van der Waals surface area contributed by atoms with E-state index < -0.39 is 23.8 Å². The summed E-state index contributed by atoms with van der Waals surface area (Å²) in [7, 11) is 0. The lowest BCUT2D eigenvalue weighted by molar-refractivity contribution is -0.137. The molecule has 0 fully saturated rings. The number of fused-ring (bicyclic) bond motifs is 2. The molecule has 8 heteroatoms. The molecule has 2 heterocycles. The third kappa shape index (κ3) is 5.44. The predicted octanol–water partition coefficient (Wildman–Crippen LogP) is 5.04. The second kappa shape index (κ2) is 10.1. The fourth-order valence-corrected chi connectivity index (χ4v) is 5.50. The molecule has 0 bridgehead atoms. The molecule has 2 unspecified atom stereocenters. The van der Waals surface area contributed by atoms with E-state index in [1.54, 1.807) is 18.2 Å². The summed E-state index contributed by atoms with van der Waals surface area (Å²) in [6.45, 7) is 2.81. The normalized spacial score (nSPS) is 19.2. The van der Waals surface area contributed by atoms with E-state index in [-0.39, 0.29) is 17.3 Å². The zero-order valence-electron chi connectivity index (χ0n) is 20.6. The van der Waals surface area contributed by atoms with Crippen molar-refractivity contribution in [3.05, 3.63) is 93.5 Å². The Labute approximate surface area is 214 Å². The number of amides is 1. The Kier molecular flexibility index (Phi) is 6.86. The molecule has 4 N–H and O–H groups in total. The van der Waals surface area contributed by atoms with Crippen molar-refractivity contribution in [2.75, 3.05) is 18.4 Å². The summed E-state index contributed by atoms with van der Waals surface area (Å²) in [6, 6.07) is 14.8. The number of nitrogens with one attached hydrogen (secondary N) is 3. The number of anilines is 1. The summed E-state index contributed by atoms with van der Waals surface area (Å²) in [4.78, 5) is 13.4. The van der Waals surface area contributed by atoms with Crippen LogP contribution in [0.3, 0.4) is 0 Å². The minimum Gasteiger partial charge on any atom is -0.508 e. The Balaban J connectivity index is 1.43. The van der Waals surface area contributed by atoms with Gasteiger partial charge >= 0.3 is 6.18 Å². The third-order valence-corrected chi connectivity index (χ3v) is 7.27. The number of hydrogen-bond donors (Lipinski definition) is 4. The van der Waals surface area contributed by atoms with Gasteiger partial charge in [-0.25, -0.2) is 0 Å². The van der Waals surface area contributed by atoms with Gasteiger partial charge in [-0.15, -0.1) is 0 Å². The molecule has 1 amide bonds. The van der Waals surface area contributed by atoms with Crippen molar-refractivity contribution >= 4 is 11.6 Å². The smallest absolute Gasteiger partial charge is 0.418 e. The van der Waals surface area contributed by atoms with Gasteiger partial charge in [0.1, 0.15) is 5.75 Å². The average Bonchev–Trinajstić information content (AvgIpc) is 3.07. The Morgan fingerprint density at radius 3 is 2.62 bits per heavy atom. The Bertz CT molecular complexity index is 1310. The minimum absolute atomic E-state index is 0.0475. The maximum atomic E-state index is 14.1. The van der Waals surface area contributed by atoms with E-state index in [0.29, 0.717) is 49.9 Å². The highest BCUT2D eigenvalue weighted by Gasteiger charge is 2.38. The number of carbonyl (C=O) groups is 1. The standard InChI is InChI=1S/C29H30F3N3O2/c1-17-11-21(36)15-20-7-9-33-26(16-22(17)20)28(37)35-25-8-10-34-27-23(25)13-19(14-24(27)29(30,31)32)12-18-5-3-2-4-6-18/h2-6,11,13-15,25-26,33-34,36H,7-10,12,16H2,1H3,(H,35,37). The molecule has 0 spiro atoms. The summed E-state index contributed by atoms with van der Waals surface area (Å²) in [5, 5.41) is 19.2. The van der Waals surface area contributed by atoms with E-state index in [9.17, 15) is 23.1 Å². The zero-order valence-corrected chi connectivity index (χ0v) is 20.6. The predicted molar refractivity (Wildman–Crippen MR) is 137 cm³/mol. The van der Waals surface area contributed by atoms with Gasteiger partial charge in [0.05, 0.1) is 23.3 Å². The van der Waals surface area contributed by atoms with Gasteiger partial charge in [0, 0.05) is 6.54 Å². The van der Waals surface area contributed by atoms with Crippen molar-refractivity contribution in [1.29, 1.82) is 0 Å². The second-order valence-corrected chi connectivity index (χ2v) is 9.91. The van der Waals surface area contributed by atoms with Gasteiger partial charge < -0.3 is 21.1 Å². The van der Waals surface area contributed by atoms with Crippen LogP contribution in [0.5, 0.6) is 5.75 Å². The van der Waals surface area contributed by atoms with E-state index >= 15 is 0 Å². The van der Waals surface area contributed by atoms with E-state index in [0.717, 1.165) is 22.3 Å². The third-order valence-electron chi connectivity index (χ3n) is 7.27. The quantitative estimate of drug-likeness (QED) is 0.398. The average molecular weight is 510 g/mol. The number of phenolic OH excluding ortho intramolecular Hbond substituents is 1. The first-order valence-corrected chi connectivity index (χ1v) is 12.6. The van der Waals surface area contributed by atoms with E-state index in [1.165, 1.54) is 6.07 Å². The molecule has 37 heavy (non-hydrogen) atoms. The molecule has 5 rings (SSSR count). The molecule has 194 valence electrons. The van der Waals surface area contributed by atoms with E-state index in [2.05, 4.69) is 16.0 Å². The molecule has 3 aromatic carbocycles. The summed E-state index contributed by atoms with van der Waals surface area (Å²) >= 11 is 0. The van der Waals surface area contributed by atoms with E-state index in [1.807, 2.05) is 37.3 Å². The number of rotatable bonds is 4. The number of hydrogen-bond acceptors (Lipinski definition) is 4. The summed E-state index contributed by atoms with van der Waals surface area (Å²) in [5.74, 6) is -0.0302. The van der Waals surface area contributed by atoms with Gasteiger partial charge in [-0.2, -0.15) is 13.2 Å². The molecule has 3 aromatic rings. The molecular weight excluding hydrogens is 479 g/mol. The fraction of sp³-hybridized carbons (Fsp3) is 0.345. The molecular formula is C29H30F3N3O2. The highest BCUT2D eigenvalue weighted by molar-refractivity contribution is 5.83. The molecule has 2 aliphatic rings. The van der Waals surface area contributed by atoms with Crippen LogP contribution in [-0.2, 0) is 30.2 Å². The molecule has 0 aliphatic carbocycles. The number of halogens is 3. The van der Waals surface area contributed by atoms with Crippen LogP contribution in [-0.4, -0.2) is 30.1 Å². The lowest BCUT2D eigenvalue weighted by atomic mass is 9.90. The fourth-order valence-electron chi connectivity index (χ4n) is 5.50. The molecule has 0 saturated heterocycles. The molecule has 2 atom stereocenters. The van der Waals surface area contributed by atoms with Crippen molar-refractivity contribution in [1.82, 2.24) is 10.6 Å². The van der Waals surface area contributed by atoms with Crippen molar-refractivity contribution in [3.63, 3.8) is 0 Å². The second-order valence-electron chi connectivity index (χ2n) is 9.91. The van der Waals surface area contributed by atoms with Crippen molar-refractivity contribution in [3.8, 4) is 5.75 Å². The van der Waals surface area contributed by atoms with Crippen LogP contribution in [0.1, 0.15) is 51.4 Å². The van der Waals surface area contributed by atoms with Crippen LogP contribution < -0.4 is 16.0 Å². The SMILES string of the molecule is Cc1cc(O)cc2c1CC(C(=O)NC1CCNc3c1cc(Cc1ccccc1)cc3C(F)(F)F)NCC2. The molecule has 0 saturated carbocycles. The Morgan fingerprint density at radius 2 is 1.86 bits per heavy atom. The first kappa shape index (κ1) is 25.1. The summed E-state index contributed by atoms with van der Waals surface area (Å²) in [5.41, 5.74) is 4.24. The van der Waals surface area contributed by atoms with Gasteiger partial charge in [0.25, 0.3) is 0 Å². The Morgan fingerprint density at radius 1 is 1.08 bits per heavy atom. The number of alkyl halides is 3. The minimum atomic E-state index is -4.52. The van der Waals surface area contributed by atoms with Crippen LogP contribution in [0.15, 0.2) is 54.6 Å². The van der Waals surface area contributed by atoms with E-state index in [4.69, 9.17) is 0 Å².